The SMILES string of the molecule is CN1C(C)(C)CC(OC(=O)CC(O)(CC(=O)OC2CC(C)(C)N(C)C(C)(C)C2)C(=O)OC2CC(C)(C)N(C)C(C)(C)C2)CC1(C)C. The second-order valence-electron chi connectivity index (χ2n) is 18.4. The highest BCUT2D eigenvalue weighted by Gasteiger charge is 2.51. The number of nitrogens with zero attached hydrogens (tertiary/aromatic N) is 3. The van der Waals surface area contributed by atoms with E-state index >= 15 is 0 Å². The van der Waals surface area contributed by atoms with E-state index in [4.69, 9.17) is 14.2 Å². The van der Waals surface area contributed by atoms with Crippen LogP contribution in [-0.4, -0.2) is 116 Å². The lowest BCUT2D eigenvalue weighted by molar-refractivity contribution is -0.192. The van der Waals surface area contributed by atoms with Crippen molar-refractivity contribution in [1.29, 1.82) is 0 Å². The molecule has 0 amide bonds. The number of hydrogen-bond acceptors (Lipinski definition) is 10. The zero-order valence-electron chi connectivity index (χ0n) is 31.6. The third kappa shape index (κ3) is 8.45. The van der Waals surface area contributed by atoms with E-state index in [2.05, 4.69) is 119 Å². The Morgan fingerprint density at radius 1 is 0.522 bits per heavy atom. The smallest absolute Gasteiger partial charge is 0.339 e. The maximum Gasteiger partial charge on any atom is 0.339 e. The van der Waals surface area contributed by atoms with Gasteiger partial charge in [0.1, 0.15) is 18.3 Å². The van der Waals surface area contributed by atoms with E-state index in [1.807, 2.05) is 0 Å². The van der Waals surface area contributed by atoms with Gasteiger partial charge in [0.05, 0.1) is 12.8 Å². The molecule has 1 N–H and O–H groups in total. The molecule has 3 saturated heterocycles. The predicted octanol–water partition coefficient (Wildman–Crippen LogP) is 5.08. The van der Waals surface area contributed by atoms with Gasteiger partial charge in [-0.15, -0.1) is 0 Å². The van der Waals surface area contributed by atoms with Crippen LogP contribution in [0.3, 0.4) is 0 Å². The van der Waals surface area contributed by atoms with Crippen LogP contribution in [0.25, 0.3) is 0 Å². The quantitative estimate of drug-likeness (QED) is 0.282. The summed E-state index contributed by atoms with van der Waals surface area (Å²) in [6, 6.07) is 0. The van der Waals surface area contributed by atoms with E-state index in [-0.39, 0.29) is 33.2 Å². The van der Waals surface area contributed by atoms with Gasteiger partial charge in [-0.1, -0.05) is 0 Å². The summed E-state index contributed by atoms with van der Waals surface area (Å²) in [6.07, 6.45) is 0.798. The van der Waals surface area contributed by atoms with Crippen LogP contribution in [0, 0.1) is 0 Å². The molecule has 3 aliphatic rings. The summed E-state index contributed by atoms with van der Waals surface area (Å²) in [7, 11) is 6.19. The highest BCUT2D eigenvalue weighted by molar-refractivity contribution is 5.90. The van der Waals surface area contributed by atoms with Crippen LogP contribution in [0.2, 0.25) is 0 Å². The molecule has 3 rings (SSSR count). The molecule has 0 unspecified atom stereocenters. The van der Waals surface area contributed by atoms with Crippen molar-refractivity contribution in [3.63, 3.8) is 0 Å². The third-order valence-electron chi connectivity index (χ3n) is 11.9. The van der Waals surface area contributed by atoms with E-state index < -0.39 is 54.7 Å². The number of piperidine rings is 3. The Morgan fingerprint density at radius 2 is 0.739 bits per heavy atom. The van der Waals surface area contributed by atoms with Crippen molar-refractivity contribution in [3.05, 3.63) is 0 Å². The van der Waals surface area contributed by atoms with E-state index in [0.717, 1.165) is 0 Å². The van der Waals surface area contributed by atoms with Gasteiger partial charge in [-0.2, -0.15) is 0 Å². The van der Waals surface area contributed by atoms with Gasteiger partial charge in [-0.05, 0) is 104 Å². The predicted molar refractivity (Wildman–Crippen MR) is 179 cm³/mol. The molecular formula is C36H65N3O7. The maximum atomic E-state index is 13.9. The number of carbonyl (C=O) groups excluding carboxylic acids is 3. The standard InChI is InChI=1S/C36H65N3O7/c1-30(2)16-24(17-31(3,4)37(30)13)44-27(40)22-36(43,29(42)46-26-20-34(9,10)39(15)35(11,12)21-26)23-28(41)45-25-18-32(5,6)38(14)33(7,8)19-25/h24-26,43H,16-23H2,1-15H3. The molecule has 10 heteroatoms. The molecule has 3 aliphatic heterocycles. The first-order chi connectivity index (χ1) is 20.5. The van der Waals surface area contributed by atoms with Crippen molar-refractivity contribution in [2.45, 2.75) is 192 Å². The van der Waals surface area contributed by atoms with Crippen molar-refractivity contribution >= 4 is 17.9 Å². The Kier molecular flexibility index (Phi) is 10.6. The van der Waals surface area contributed by atoms with Crippen LogP contribution in [0.5, 0.6) is 0 Å². The first-order valence-corrected chi connectivity index (χ1v) is 17.1. The van der Waals surface area contributed by atoms with E-state index in [9.17, 15) is 19.5 Å². The van der Waals surface area contributed by atoms with Crippen LogP contribution >= 0.6 is 0 Å². The summed E-state index contributed by atoms with van der Waals surface area (Å²) in [5.74, 6) is -2.46. The normalized spacial score (nSPS) is 27.1. The van der Waals surface area contributed by atoms with Gasteiger partial charge in [-0.3, -0.25) is 24.3 Å². The number of esters is 3. The fourth-order valence-corrected chi connectivity index (χ4v) is 8.49. The molecule has 266 valence electrons. The Hall–Kier alpha value is -1.75. The Morgan fingerprint density at radius 3 is 0.978 bits per heavy atom. The number of aliphatic hydroxyl groups is 1. The number of hydrogen-bond donors (Lipinski definition) is 1. The second kappa shape index (κ2) is 12.6. The summed E-state index contributed by atoms with van der Waals surface area (Å²) in [4.78, 5) is 47.7. The summed E-state index contributed by atoms with van der Waals surface area (Å²) in [5, 5.41) is 11.9. The molecule has 0 aliphatic carbocycles. The summed E-state index contributed by atoms with van der Waals surface area (Å²) >= 11 is 0. The third-order valence-corrected chi connectivity index (χ3v) is 11.9. The molecule has 0 saturated carbocycles. The lowest BCUT2D eigenvalue weighted by atomic mass is 9.78. The second-order valence-corrected chi connectivity index (χ2v) is 18.4. The zero-order chi connectivity index (χ0) is 35.5. The zero-order valence-corrected chi connectivity index (χ0v) is 31.6. The molecule has 0 aromatic heterocycles. The fourth-order valence-electron chi connectivity index (χ4n) is 8.49. The topological polar surface area (TPSA) is 109 Å². The summed E-state index contributed by atoms with van der Waals surface area (Å²) < 4.78 is 17.8. The molecule has 0 aromatic carbocycles. The van der Waals surface area contributed by atoms with Crippen molar-refractivity contribution < 1.29 is 33.7 Å². The van der Waals surface area contributed by atoms with Gasteiger partial charge in [-0.25, -0.2) is 4.79 Å². The Labute approximate surface area is 278 Å². The Balaban J connectivity index is 1.82. The number of likely N-dealkylation sites (tertiary alicyclic amines) is 3. The van der Waals surface area contributed by atoms with E-state index in [1.54, 1.807) is 0 Å². The first-order valence-electron chi connectivity index (χ1n) is 17.1. The van der Waals surface area contributed by atoms with Crippen LogP contribution < -0.4 is 0 Å². The lowest BCUT2D eigenvalue weighted by Crippen LogP contribution is -2.61. The summed E-state index contributed by atoms with van der Waals surface area (Å²) in [6.45, 7) is 25.2. The molecule has 3 fully saturated rings. The average Bonchev–Trinajstić information content (AvgIpc) is 2.82. The number of carbonyl (C=O) groups is 3. The minimum Gasteiger partial charge on any atom is -0.462 e. The molecular weight excluding hydrogens is 586 g/mol. The molecule has 0 atom stereocenters. The first kappa shape index (κ1) is 38.7. The van der Waals surface area contributed by atoms with Gasteiger partial charge in [0.25, 0.3) is 0 Å². The molecule has 0 spiro atoms. The average molecular weight is 652 g/mol. The molecule has 0 radical (unpaired) electrons. The van der Waals surface area contributed by atoms with Crippen LogP contribution in [-0.2, 0) is 28.6 Å². The monoisotopic (exact) mass is 651 g/mol. The van der Waals surface area contributed by atoms with Crippen LogP contribution in [0.15, 0.2) is 0 Å². The van der Waals surface area contributed by atoms with E-state index in [1.165, 1.54) is 0 Å². The largest absolute Gasteiger partial charge is 0.462 e. The molecule has 10 nitrogen and oxygen atoms in total. The molecule has 46 heavy (non-hydrogen) atoms. The Bertz CT molecular complexity index is 1050. The van der Waals surface area contributed by atoms with Gasteiger partial charge in [0.2, 0.25) is 0 Å². The molecule has 3 heterocycles. The van der Waals surface area contributed by atoms with Crippen molar-refractivity contribution in [2.24, 2.45) is 0 Å². The number of rotatable bonds is 8. The molecule has 0 aromatic rings. The fraction of sp³-hybridized carbons (Fsp3) is 0.917. The maximum absolute atomic E-state index is 13.9. The van der Waals surface area contributed by atoms with Crippen LogP contribution in [0.1, 0.15) is 134 Å². The molecule has 0 bridgehead atoms. The van der Waals surface area contributed by atoms with Gasteiger partial charge in [0, 0.05) is 71.8 Å². The van der Waals surface area contributed by atoms with Crippen molar-refractivity contribution in [1.82, 2.24) is 14.7 Å². The van der Waals surface area contributed by atoms with Crippen molar-refractivity contribution in [2.75, 3.05) is 21.1 Å². The minimum absolute atomic E-state index is 0.227. The van der Waals surface area contributed by atoms with Gasteiger partial charge in [0.15, 0.2) is 5.60 Å². The highest BCUT2D eigenvalue weighted by atomic mass is 16.6. The minimum atomic E-state index is -2.43. The van der Waals surface area contributed by atoms with Crippen molar-refractivity contribution in [3.8, 4) is 0 Å². The van der Waals surface area contributed by atoms with Gasteiger partial charge >= 0.3 is 17.9 Å². The lowest BCUT2D eigenvalue weighted by Gasteiger charge is -2.53. The van der Waals surface area contributed by atoms with E-state index in [0.29, 0.717) is 38.5 Å². The highest BCUT2D eigenvalue weighted by Crippen LogP contribution is 2.41. The number of ether oxygens (including phenoxy) is 3. The van der Waals surface area contributed by atoms with Crippen LogP contribution in [0.4, 0.5) is 0 Å². The summed E-state index contributed by atoms with van der Waals surface area (Å²) in [5.41, 5.74) is -3.89. The van der Waals surface area contributed by atoms with Gasteiger partial charge < -0.3 is 19.3 Å².